The molecule has 0 bridgehead atoms. The fraction of sp³-hybridized carbons (Fsp3) is 0.875. The van der Waals surface area contributed by atoms with Crippen molar-refractivity contribution in [2.45, 2.75) is 37.4 Å². The van der Waals surface area contributed by atoms with Crippen LogP contribution in [0, 0.1) is 0 Å². The highest BCUT2D eigenvalue weighted by Gasteiger charge is 2.15. The molecule has 0 unspecified atom stereocenters. The third kappa shape index (κ3) is 5.08. The normalized spacial score (nSPS) is 21.8. The smallest absolute Gasteiger partial charge is 0.317 e. The number of rotatable bonds is 5. The number of thiol groups is 1. The van der Waals surface area contributed by atoms with E-state index in [1.54, 1.807) is 0 Å². The monoisotopic (exact) mass is 238 g/mol. The van der Waals surface area contributed by atoms with Crippen LogP contribution >= 0.6 is 34.5 Å². The largest absolute Gasteiger partial charge is 0.395 e. The van der Waals surface area contributed by atoms with Gasteiger partial charge in [0.2, 0.25) is 0 Å². The minimum absolute atomic E-state index is 0.211. The minimum atomic E-state index is -0.211. The molecule has 0 aromatic carbocycles. The topological polar surface area (TPSA) is 26.3 Å². The first-order chi connectivity index (χ1) is 6.33. The Labute approximate surface area is 92.6 Å². The summed E-state index contributed by atoms with van der Waals surface area (Å²) in [6, 6.07) is 0. The molecule has 0 radical (unpaired) electrons. The molecule has 0 aromatic heterocycles. The molecule has 0 aliphatic carbocycles. The third-order valence-corrected chi connectivity index (χ3v) is 5.20. The fourth-order valence-electron chi connectivity index (χ4n) is 1.25. The van der Waals surface area contributed by atoms with Crippen LogP contribution in [0.15, 0.2) is 0 Å². The van der Waals surface area contributed by atoms with Gasteiger partial charge in [-0.25, -0.2) is 0 Å². The van der Waals surface area contributed by atoms with Crippen LogP contribution < -0.4 is 0 Å². The van der Waals surface area contributed by atoms with Gasteiger partial charge in [0.1, 0.15) is 0 Å². The summed E-state index contributed by atoms with van der Waals surface area (Å²) in [5, 5.41) is 0.817. The molecule has 1 fully saturated rings. The molecule has 0 saturated carbocycles. The van der Waals surface area contributed by atoms with Gasteiger partial charge in [-0.15, -0.1) is 0 Å². The second-order valence-corrected chi connectivity index (χ2v) is 6.01. The number of hydrogen-bond acceptors (Lipinski definition) is 5. The average molecular weight is 238 g/mol. The van der Waals surface area contributed by atoms with E-state index < -0.39 is 0 Å². The highest BCUT2D eigenvalue weighted by atomic mass is 33.1. The lowest BCUT2D eigenvalue weighted by molar-refractivity contribution is -0.132. The van der Waals surface area contributed by atoms with Crippen LogP contribution in [0.4, 0.5) is 0 Å². The minimum Gasteiger partial charge on any atom is -0.395 e. The summed E-state index contributed by atoms with van der Waals surface area (Å²) in [6.45, 7) is 0. The summed E-state index contributed by atoms with van der Waals surface area (Å²) in [5.74, 6) is 1.07. The maximum atomic E-state index is 10.7. The van der Waals surface area contributed by atoms with Gasteiger partial charge in [0, 0.05) is 30.3 Å². The number of carbonyl (C=O) groups excluding carboxylic acids is 1. The third-order valence-electron chi connectivity index (χ3n) is 1.99. The quantitative estimate of drug-likeness (QED) is 0.344. The van der Waals surface area contributed by atoms with Crippen molar-refractivity contribution in [2.75, 3.05) is 5.75 Å². The predicted octanol–water partition coefficient (Wildman–Crippen LogP) is 3.09. The van der Waals surface area contributed by atoms with Crippen molar-refractivity contribution in [3.05, 3.63) is 0 Å². The fourth-order valence-corrected chi connectivity index (χ4v) is 4.37. The Bertz CT molecular complexity index is 157. The highest BCUT2D eigenvalue weighted by Crippen LogP contribution is 2.39. The molecule has 0 aromatic rings. The summed E-state index contributed by atoms with van der Waals surface area (Å²) in [6.07, 6.45) is 5.13. The molecule has 76 valence electrons. The molecule has 0 spiro atoms. The molecule has 2 nitrogen and oxygen atoms in total. The van der Waals surface area contributed by atoms with Crippen LogP contribution in [0.25, 0.3) is 0 Å². The first kappa shape index (κ1) is 11.6. The summed E-state index contributed by atoms with van der Waals surface area (Å²) >= 11 is 3.45. The van der Waals surface area contributed by atoms with Gasteiger partial charge in [0.05, 0.1) is 0 Å². The zero-order chi connectivity index (χ0) is 9.52. The summed E-state index contributed by atoms with van der Waals surface area (Å²) in [5.41, 5.74) is 0. The van der Waals surface area contributed by atoms with Gasteiger partial charge < -0.3 is 4.18 Å². The Morgan fingerprint density at radius 1 is 1.54 bits per heavy atom. The Morgan fingerprint density at radius 2 is 2.38 bits per heavy atom. The molecular formula is C8H14O2S3. The van der Waals surface area contributed by atoms with Crippen LogP contribution in [0.1, 0.15) is 32.1 Å². The maximum Gasteiger partial charge on any atom is 0.317 e. The molecule has 0 amide bonds. The van der Waals surface area contributed by atoms with E-state index in [4.69, 9.17) is 0 Å². The first-order valence-electron chi connectivity index (χ1n) is 4.45. The van der Waals surface area contributed by atoms with Crippen LogP contribution in [0.5, 0.6) is 0 Å². The van der Waals surface area contributed by atoms with Crippen molar-refractivity contribution >= 4 is 40.5 Å². The zero-order valence-corrected chi connectivity index (χ0v) is 9.93. The molecule has 1 aliphatic rings. The number of unbranched alkanes of at least 4 members (excludes halogenated alkanes) is 1. The second-order valence-electron chi connectivity index (χ2n) is 3.04. The average Bonchev–Trinajstić information content (AvgIpc) is 2.64. The van der Waals surface area contributed by atoms with Crippen molar-refractivity contribution in [3.8, 4) is 0 Å². The van der Waals surface area contributed by atoms with E-state index in [2.05, 4.69) is 17.1 Å². The van der Waals surface area contributed by atoms with Gasteiger partial charge in [-0.05, 0) is 19.3 Å². The SMILES string of the molecule is O=C(CCCC[C@@H]1CCSS1)OS. The molecular weight excluding hydrogens is 224 g/mol. The van der Waals surface area contributed by atoms with E-state index in [0.29, 0.717) is 6.42 Å². The lowest BCUT2D eigenvalue weighted by Crippen LogP contribution is -2.00. The molecule has 1 heterocycles. The Morgan fingerprint density at radius 3 is 3.00 bits per heavy atom. The van der Waals surface area contributed by atoms with E-state index in [9.17, 15) is 4.79 Å². The second kappa shape index (κ2) is 6.90. The molecule has 1 rings (SSSR count). The number of carbonyl (C=O) groups is 1. The van der Waals surface area contributed by atoms with Crippen LogP contribution in [-0.4, -0.2) is 17.0 Å². The Balaban J connectivity index is 1.91. The number of hydrogen-bond donors (Lipinski definition) is 1. The highest BCUT2D eigenvalue weighted by molar-refractivity contribution is 8.77. The van der Waals surface area contributed by atoms with Gasteiger partial charge in [-0.2, -0.15) is 0 Å². The standard InChI is InChI=1S/C8H14O2S3/c9-8(10-11)4-2-1-3-7-5-6-12-13-7/h7,11H,1-6H2/t7-/m1/s1. The summed E-state index contributed by atoms with van der Waals surface area (Å²) in [7, 11) is 3.96. The van der Waals surface area contributed by atoms with Crippen molar-refractivity contribution in [3.63, 3.8) is 0 Å². The van der Waals surface area contributed by atoms with Gasteiger partial charge >= 0.3 is 5.97 Å². The van der Waals surface area contributed by atoms with Gasteiger partial charge in [0.15, 0.2) is 0 Å². The van der Waals surface area contributed by atoms with E-state index in [-0.39, 0.29) is 5.97 Å². The zero-order valence-electron chi connectivity index (χ0n) is 7.40. The van der Waals surface area contributed by atoms with Gasteiger partial charge in [-0.1, -0.05) is 28.0 Å². The van der Waals surface area contributed by atoms with Crippen molar-refractivity contribution < 1.29 is 8.98 Å². The van der Waals surface area contributed by atoms with Crippen LogP contribution in [-0.2, 0) is 8.98 Å². The summed E-state index contributed by atoms with van der Waals surface area (Å²) < 4.78 is 4.27. The predicted molar refractivity (Wildman–Crippen MR) is 62.0 cm³/mol. The van der Waals surface area contributed by atoms with E-state index in [1.165, 1.54) is 18.6 Å². The first-order valence-corrected chi connectivity index (χ1v) is 7.20. The van der Waals surface area contributed by atoms with E-state index >= 15 is 0 Å². The van der Waals surface area contributed by atoms with Crippen LogP contribution in [0.3, 0.4) is 0 Å². The maximum absolute atomic E-state index is 10.7. The molecule has 13 heavy (non-hydrogen) atoms. The van der Waals surface area contributed by atoms with Crippen molar-refractivity contribution in [1.29, 1.82) is 0 Å². The molecule has 1 saturated heterocycles. The van der Waals surface area contributed by atoms with Gasteiger partial charge in [0.25, 0.3) is 0 Å². The lowest BCUT2D eigenvalue weighted by atomic mass is 10.1. The molecule has 0 N–H and O–H groups in total. The lowest BCUT2D eigenvalue weighted by Gasteiger charge is -2.05. The van der Waals surface area contributed by atoms with E-state index in [0.717, 1.165) is 18.1 Å². The summed E-state index contributed by atoms with van der Waals surface area (Å²) in [4.78, 5) is 10.7. The Hall–Kier alpha value is 0.520. The molecule has 1 atom stereocenters. The van der Waals surface area contributed by atoms with Crippen molar-refractivity contribution in [2.24, 2.45) is 0 Å². The molecule has 1 aliphatic heterocycles. The van der Waals surface area contributed by atoms with E-state index in [1.807, 2.05) is 21.6 Å². The van der Waals surface area contributed by atoms with Crippen molar-refractivity contribution in [1.82, 2.24) is 0 Å². The van der Waals surface area contributed by atoms with Gasteiger partial charge in [-0.3, -0.25) is 4.79 Å². The Kier molecular flexibility index (Phi) is 6.15. The van der Waals surface area contributed by atoms with Crippen LogP contribution in [0.2, 0.25) is 0 Å². The molecule has 5 heteroatoms.